The quantitative estimate of drug-likeness (QED) is 0.859. The Morgan fingerprint density at radius 3 is 2.48 bits per heavy atom. The van der Waals surface area contributed by atoms with Crippen molar-refractivity contribution in [3.05, 3.63) is 34.9 Å². The van der Waals surface area contributed by atoms with E-state index in [1.54, 1.807) is 0 Å². The number of nitrogens with one attached hydrogen (secondary N) is 1. The van der Waals surface area contributed by atoms with Crippen LogP contribution in [0.2, 0.25) is 5.02 Å². The third-order valence-corrected chi connectivity index (χ3v) is 5.20. The van der Waals surface area contributed by atoms with Gasteiger partial charge in [-0.2, -0.15) is 0 Å². The number of nitrogens with zero attached hydrogens (tertiary/aromatic N) is 1. The van der Waals surface area contributed by atoms with E-state index in [9.17, 15) is 9.59 Å². The van der Waals surface area contributed by atoms with Crippen molar-refractivity contribution >= 4 is 23.4 Å². The van der Waals surface area contributed by atoms with Crippen molar-refractivity contribution in [1.82, 2.24) is 10.2 Å². The molecule has 1 heterocycles. The summed E-state index contributed by atoms with van der Waals surface area (Å²) in [5.74, 6) is -0.267. The van der Waals surface area contributed by atoms with E-state index in [0.717, 1.165) is 44.3 Å². The van der Waals surface area contributed by atoms with Gasteiger partial charge in [0.05, 0.1) is 12.1 Å². The first-order valence-corrected chi connectivity index (χ1v) is 8.46. The first kappa shape index (κ1) is 16.3. The summed E-state index contributed by atoms with van der Waals surface area (Å²) in [6.45, 7) is 1.83. The first-order valence-electron chi connectivity index (χ1n) is 8.08. The smallest absolute Gasteiger partial charge is 0.234 e. The molecule has 1 saturated carbocycles. The largest absolute Gasteiger partial charge is 0.369 e. The molecule has 2 fully saturated rings. The second kappa shape index (κ2) is 6.49. The normalized spacial score (nSPS) is 20.9. The van der Waals surface area contributed by atoms with Crippen molar-refractivity contribution in [3.63, 3.8) is 0 Å². The van der Waals surface area contributed by atoms with Gasteiger partial charge >= 0.3 is 0 Å². The monoisotopic (exact) mass is 335 g/mol. The standard InChI is InChI=1S/C17H22ClN3O2/c18-14-4-2-1-3-13(14)17(7-8-17)20-15(22)11-21-9-5-12(6-10-21)16(19)23/h1-4,12H,5-11H2,(H2,19,23)(H,20,22). The molecule has 3 rings (SSSR count). The first-order chi connectivity index (χ1) is 11.0. The van der Waals surface area contributed by atoms with Crippen LogP contribution in [0.1, 0.15) is 31.2 Å². The van der Waals surface area contributed by atoms with E-state index in [0.29, 0.717) is 11.6 Å². The van der Waals surface area contributed by atoms with E-state index in [4.69, 9.17) is 17.3 Å². The van der Waals surface area contributed by atoms with Crippen molar-refractivity contribution in [2.45, 2.75) is 31.2 Å². The predicted molar refractivity (Wildman–Crippen MR) is 88.9 cm³/mol. The van der Waals surface area contributed by atoms with E-state index >= 15 is 0 Å². The zero-order valence-electron chi connectivity index (χ0n) is 13.1. The zero-order valence-corrected chi connectivity index (χ0v) is 13.8. The number of benzene rings is 1. The molecule has 1 aromatic carbocycles. The van der Waals surface area contributed by atoms with Crippen LogP contribution in [-0.2, 0) is 15.1 Å². The summed E-state index contributed by atoms with van der Waals surface area (Å²) >= 11 is 6.26. The van der Waals surface area contributed by atoms with E-state index in [2.05, 4.69) is 10.2 Å². The number of nitrogens with two attached hydrogens (primary N) is 1. The number of primary amides is 1. The molecule has 0 aromatic heterocycles. The Bertz CT molecular complexity index is 608. The molecule has 124 valence electrons. The van der Waals surface area contributed by atoms with Gasteiger partial charge in [-0.1, -0.05) is 29.8 Å². The van der Waals surface area contributed by atoms with Crippen LogP contribution >= 0.6 is 11.6 Å². The Kier molecular flexibility index (Phi) is 4.60. The molecule has 2 amide bonds. The Morgan fingerprint density at radius 2 is 1.91 bits per heavy atom. The Balaban J connectivity index is 1.54. The second-order valence-electron chi connectivity index (χ2n) is 6.56. The number of hydrogen-bond donors (Lipinski definition) is 2. The van der Waals surface area contributed by atoms with Crippen molar-refractivity contribution < 1.29 is 9.59 Å². The average molecular weight is 336 g/mol. The molecule has 0 unspecified atom stereocenters. The lowest BCUT2D eigenvalue weighted by molar-refractivity contribution is -0.124. The van der Waals surface area contributed by atoms with Gasteiger partial charge in [0.15, 0.2) is 0 Å². The molecule has 1 aliphatic carbocycles. The molecule has 5 nitrogen and oxygen atoms in total. The number of amides is 2. The van der Waals surface area contributed by atoms with E-state index in [-0.39, 0.29) is 23.3 Å². The zero-order chi connectivity index (χ0) is 16.4. The van der Waals surface area contributed by atoms with Crippen LogP contribution < -0.4 is 11.1 Å². The maximum atomic E-state index is 12.4. The third-order valence-electron chi connectivity index (χ3n) is 4.88. The summed E-state index contributed by atoms with van der Waals surface area (Å²) in [7, 11) is 0. The molecule has 0 spiro atoms. The number of piperidine rings is 1. The molecule has 3 N–H and O–H groups in total. The molecule has 1 saturated heterocycles. The molecule has 0 radical (unpaired) electrons. The van der Waals surface area contributed by atoms with Gasteiger partial charge < -0.3 is 11.1 Å². The van der Waals surface area contributed by atoms with Crippen molar-refractivity contribution in [2.75, 3.05) is 19.6 Å². The molecule has 1 aromatic rings. The molecular formula is C17H22ClN3O2. The van der Waals surface area contributed by atoms with Gasteiger partial charge in [0, 0.05) is 10.9 Å². The fourth-order valence-electron chi connectivity index (χ4n) is 3.32. The summed E-state index contributed by atoms with van der Waals surface area (Å²) in [5.41, 5.74) is 6.05. The van der Waals surface area contributed by atoms with Crippen LogP contribution in [0.25, 0.3) is 0 Å². The molecule has 0 bridgehead atoms. The van der Waals surface area contributed by atoms with Crippen LogP contribution in [-0.4, -0.2) is 36.3 Å². The topological polar surface area (TPSA) is 75.4 Å². The number of hydrogen-bond acceptors (Lipinski definition) is 3. The molecule has 1 aliphatic heterocycles. The van der Waals surface area contributed by atoms with Gasteiger partial charge in [0.25, 0.3) is 0 Å². The van der Waals surface area contributed by atoms with E-state index in [1.807, 2.05) is 24.3 Å². The van der Waals surface area contributed by atoms with Gasteiger partial charge in [-0.25, -0.2) is 0 Å². The lowest BCUT2D eigenvalue weighted by Crippen LogP contribution is -2.46. The summed E-state index contributed by atoms with van der Waals surface area (Å²) in [5, 5.41) is 3.85. The molecule has 6 heteroatoms. The number of carbonyl (C=O) groups is 2. The number of halogens is 1. The molecule has 2 aliphatic rings. The minimum Gasteiger partial charge on any atom is -0.369 e. The van der Waals surface area contributed by atoms with Crippen LogP contribution in [0, 0.1) is 5.92 Å². The maximum Gasteiger partial charge on any atom is 0.234 e. The summed E-state index contributed by atoms with van der Waals surface area (Å²) in [6, 6.07) is 7.68. The molecular weight excluding hydrogens is 314 g/mol. The minimum atomic E-state index is -0.291. The van der Waals surface area contributed by atoms with Crippen LogP contribution in [0.4, 0.5) is 0 Å². The minimum absolute atomic E-state index is 0.0138. The molecule has 0 atom stereocenters. The average Bonchev–Trinajstić information content (AvgIpc) is 3.28. The van der Waals surface area contributed by atoms with Gasteiger partial charge in [-0.05, 0) is 50.4 Å². The van der Waals surface area contributed by atoms with Crippen LogP contribution in [0.15, 0.2) is 24.3 Å². The number of carbonyl (C=O) groups excluding carboxylic acids is 2. The highest BCUT2D eigenvalue weighted by Gasteiger charge is 2.46. The lowest BCUT2D eigenvalue weighted by Gasteiger charge is -2.30. The molecule has 23 heavy (non-hydrogen) atoms. The van der Waals surface area contributed by atoms with Gasteiger partial charge in [0.1, 0.15) is 0 Å². The van der Waals surface area contributed by atoms with Crippen LogP contribution in [0.3, 0.4) is 0 Å². The number of rotatable bonds is 5. The second-order valence-corrected chi connectivity index (χ2v) is 6.97. The highest BCUT2D eigenvalue weighted by Crippen LogP contribution is 2.47. The lowest BCUT2D eigenvalue weighted by atomic mass is 9.96. The maximum absolute atomic E-state index is 12.4. The fraction of sp³-hybridized carbons (Fsp3) is 0.529. The van der Waals surface area contributed by atoms with E-state index < -0.39 is 0 Å². The van der Waals surface area contributed by atoms with Crippen molar-refractivity contribution in [2.24, 2.45) is 11.7 Å². The Morgan fingerprint density at radius 1 is 1.26 bits per heavy atom. The number of likely N-dealkylation sites (tertiary alicyclic amines) is 1. The summed E-state index contributed by atoms with van der Waals surface area (Å²) < 4.78 is 0. The third kappa shape index (κ3) is 3.67. The highest BCUT2D eigenvalue weighted by atomic mass is 35.5. The van der Waals surface area contributed by atoms with Gasteiger partial charge in [0.2, 0.25) is 11.8 Å². The SMILES string of the molecule is NC(=O)C1CCN(CC(=O)NC2(c3ccccc3Cl)CC2)CC1. The van der Waals surface area contributed by atoms with Gasteiger partial charge in [-0.3, -0.25) is 14.5 Å². The van der Waals surface area contributed by atoms with Crippen molar-refractivity contribution in [1.29, 1.82) is 0 Å². The fourth-order valence-corrected chi connectivity index (χ4v) is 3.64. The van der Waals surface area contributed by atoms with Crippen LogP contribution in [0.5, 0.6) is 0 Å². The summed E-state index contributed by atoms with van der Waals surface area (Å²) in [6.07, 6.45) is 3.31. The predicted octanol–water partition coefficient (Wildman–Crippen LogP) is 1.64. The summed E-state index contributed by atoms with van der Waals surface area (Å²) in [4.78, 5) is 25.6. The van der Waals surface area contributed by atoms with Crippen molar-refractivity contribution in [3.8, 4) is 0 Å². The highest BCUT2D eigenvalue weighted by molar-refractivity contribution is 6.31. The Labute approximate surface area is 141 Å². The van der Waals surface area contributed by atoms with E-state index in [1.165, 1.54) is 0 Å². The van der Waals surface area contributed by atoms with Gasteiger partial charge in [-0.15, -0.1) is 0 Å². The Hall–Kier alpha value is -1.59.